The highest BCUT2D eigenvalue weighted by atomic mass is 28.3. The van der Waals surface area contributed by atoms with Crippen LogP contribution in [0, 0.1) is 11.3 Å². The first-order valence-electron chi connectivity index (χ1n) is 14.0. The number of rotatable bonds is 17. The highest BCUT2D eigenvalue weighted by Crippen LogP contribution is 2.33. The third-order valence-corrected chi connectivity index (χ3v) is 11.2. The van der Waals surface area contributed by atoms with Crippen molar-refractivity contribution in [3.8, 4) is 16.9 Å². The average molecular weight is 513 g/mol. The Morgan fingerprint density at radius 2 is 1.61 bits per heavy atom. The van der Waals surface area contributed by atoms with Gasteiger partial charge in [0.05, 0.1) is 41.1 Å². The maximum Gasteiger partial charge on any atom is 0.119 e. The van der Waals surface area contributed by atoms with Crippen molar-refractivity contribution in [2.45, 2.75) is 71.5 Å². The van der Waals surface area contributed by atoms with Crippen LogP contribution in [0.5, 0.6) is 5.75 Å². The van der Waals surface area contributed by atoms with Gasteiger partial charge in [-0.25, -0.2) is 0 Å². The van der Waals surface area contributed by atoms with Crippen LogP contribution in [-0.4, -0.2) is 52.8 Å². The fourth-order valence-electron chi connectivity index (χ4n) is 5.07. The average Bonchev–Trinajstić information content (AvgIpc) is 2.87. The molecular formula is C31H48O4Si. The van der Waals surface area contributed by atoms with Gasteiger partial charge < -0.3 is 19.3 Å². The minimum atomic E-state index is -1.33. The van der Waals surface area contributed by atoms with Crippen molar-refractivity contribution in [1.82, 2.24) is 0 Å². The molecule has 4 nitrogen and oxygen atoms in total. The minimum Gasteiger partial charge on any atom is -0.494 e. The lowest BCUT2D eigenvalue weighted by molar-refractivity contribution is -0.156. The van der Waals surface area contributed by atoms with Gasteiger partial charge >= 0.3 is 0 Å². The van der Waals surface area contributed by atoms with Gasteiger partial charge in [0.1, 0.15) is 5.75 Å². The zero-order valence-electron chi connectivity index (χ0n) is 23.1. The predicted octanol–water partition coefficient (Wildman–Crippen LogP) is 6.67. The molecule has 2 aromatic rings. The van der Waals surface area contributed by atoms with Crippen molar-refractivity contribution in [1.29, 1.82) is 0 Å². The first-order chi connectivity index (χ1) is 17.4. The van der Waals surface area contributed by atoms with Crippen molar-refractivity contribution >= 4 is 13.3 Å². The molecule has 0 aliphatic carbocycles. The van der Waals surface area contributed by atoms with Crippen molar-refractivity contribution < 1.29 is 19.3 Å². The third kappa shape index (κ3) is 8.44. The van der Waals surface area contributed by atoms with Gasteiger partial charge in [0.15, 0.2) is 0 Å². The Balaban J connectivity index is 1.39. The Morgan fingerprint density at radius 3 is 2.17 bits per heavy atom. The Kier molecular flexibility index (Phi) is 11.5. The SMILES string of the molecule is CCCC[Si](C)(C)c1ccc(-c2ccc(OCCCC(CO)COCC3(CCC)COC3)cc2)cc1. The van der Waals surface area contributed by atoms with E-state index in [2.05, 4.69) is 75.5 Å². The molecule has 0 aromatic heterocycles. The van der Waals surface area contributed by atoms with E-state index in [0.717, 1.165) is 51.3 Å². The van der Waals surface area contributed by atoms with E-state index in [9.17, 15) is 5.11 Å². The molecule has 0 spiro atoms. The molecule has 1 fully saturated rings. The van der Waals surface area contributed by atoms with Crippen LogP contribution in [0.2, 0.25) is 19.1 Å². The van der Waals surface area contributed by atoms with Gasteiger partial charge in [-0.15, -0.1) is 0 Å². The van der Waals surface area contributed by atoms with Crippen molar-refractivity contribution in [2.24, 2.45) is 11.3 Å². The second-order valence-corrected chi connectivity index (χ2v) is 16.2. The lowest BCUT2D eigenvalue weighted by atomic mass is 9.82. The van der Waals surface area contributed by atoms with E-state index in [4.69, 9.17) is 14.2 Å². The Morgan fingerprint density at radius 1 is 0.944 bits per heavy atom. The summed E-state index contributed by atoms with van der Waals surface area (Å²) in [5.74, 6) is 1.06. The van der Waals surface area contributed by atoms with Gasteiger partial charge in [0, 0.05) is 17.9 Å². The molecule has 1 saturated heterocycles. The number of ether oxygens (including phenoxy) is 3. The molecule has 3 rings (SSSR count). The van der Waals surface area contributed by atoms with Gasteiger partial charge in [-0.05, 0) is 42.5 Å². The maximum atomic E-state index is 9.74. The summed E-state index contributed by atoms with van der Waals surface area (Å²) in [4.78, 5) is 0. The topological polar surface area (TPSA) is 47.9 Å². The van der Waals surface area contributed by atoms with Crippen LogP contribution in [-0.2, 0) is 9.47 Å². The third-order valence-electron chi connectivity index (χ3n) is 7.65. The summed E-state index contributed by atoms with van der Waals surface area (Å²) >= 11 is 0. The Labute approximate surface area is 220 Å². The fraction of sp³-hybridized carbons (Fsp3) is 0.613. The summed E-state index contributed by atoms with van der Waals surface area (Å²) in [5.41, 5.74) is 2.68. The zero-order chi connectivity index (χ0) is 25.9. The molecule has 0 bridgehead atoms. The van der Waals surface area contributed by atoms with E-state index in [1.807, 2.05) is 0 Å². The highest BCUT2D eigenvalue weighted by Gasteiger charge is 2.38. The molecule has 1 atom stereocenters. The number of aliphatic hydroxyl groups is 1. The van der Waals surface area contributed by atoms with Gasteiger partial charge in [-0.2, -0.15) is 0 Å². The maximum absolute atomic E-state index is 9.74. The summed E-state index contributed by atoms with van der Waals surface area (Å²) < 4.78 is 17.4. The number of aliphatic hydroxyl groups excluding tert-OH is 1. The molecule has 1 aliphatic rings. The predicted molar refractivity (Wildman–Crippen MR) is 153 cm³/mol. The van der Waals surface area contributed by atoms with E-state index >= 15 is 0 Å². The van der Waals surface area contributed by atoms with E-state index < -0.39 is 8.07 Å². The minimum absolute atomic E-state index is 0.156. The molecule has 0 radical (unpaired) electrons. The lowest BCUT2D eigenvalue weighted by Gasteiger charge is -2.41. The summed E-state index contributed by atoms with van der Waals surface area (Å²) in [6.07, 6.45) is 6.70. The first-order valence-corrected chi connectivity index (χ1v) is 17.2. The quantitative estimate of drug-likeness (QED) is 0.190. The van der Waals surface area contributed by atoms with Crippen LogP contribution in [0.15, 0.2) is 48.5 Å². The summed E-state index contributed by atoms with van der Waals surface area (Å²) in [6, 6.07) is 19.0. The number of hydrogen-bond donors (Lipinski definition) is 1. The smallest absolute Gasteiger partial charge is 0.119 e. The molecule has 1 N–H and O–H groups in total. The van der Waals surface area contributed by atoms with Gasteiger partial charge in [0.2, 0.25) is 0 Å². The molecule has 5 heteroatoms. The number of hydrogen-bond acceptors (Lipinski definition) is 4. The summed E-state index contributed by atoms with van der Waals surface area (Å²) in [6.45, 7) is 13.2. The van der Waals surface area contributed by atoms with Crippen LogP contribution in [0.3, 0.4) is 0 Å². The normalized spacial score (nSPS) is 15.9. The van der Waals surface area contributed by atoms with Crippen molar-refractivity contribution in [3.63, 3.8) is 0 Å². The monoisotopic (exact) mass is 512 g/mol. The van der Waals surface area contributed by atoms with Crippen molar-refractivity contribution in [3.05, 3.63) is 48.5 Å². The summed E-state index contributed by atoms with van der Waals surface area (Å²) in [7, 11) is -1.33. The standard InChI is InChI=1S/C31H48O4Si/c1-5-7-20-36(3,4)30-16-12-28(13-17-30)27-10-14-29(15-11-27)35-19-8-9-26(21-32)22-33-23-31(18-6-2)24-34-25-31/h10-17,26,32H,5-9,18-25H2,1-4H3. The molecule has 1 aliphatic heterocycles. The lowest BCUT2D eigenvalue weighted by Crippen LogP contribution is -2.46. The van der Waals surface area contributed by atoms with E-state index in [0.29, 0.717) is 13.2 Å². The highest BCUT2D eigenvalue weighted by molar-refractivity contribution is 6.89. The van der Waals surface area contributed by atoms with E-state index in [1.165, 1.54) is 30.0 Å². The van der Waals surface area contributed by atoms with Crippen LogP contribution in [0.25, 0.3) is 11.1 Å². The molecule has 2 aromatic carbocycles. The number of unbranched alkanes of at least 4 members (excludes halogenated alkanes) is 1. The fourth-order valence-corrected chi connectivity index (χ4v) is 7.67. The molecule has 1 unspecified atom stereocenters. The first kappa shape index (κ1) is 28.9. The van der Waals surface area contributed by atoms with Crippen molar-refractivity contribution in [2.75, 3.05) is 39.6 Å². The Bertz CT molecular complexity index is 874. The molecule has 0 amide bonds. The van der Waals surface area contributed by atoms with Crippen LogP contribution in [0.4, 0.5) is 0 Å². The van der Waals surface area contributed by atoms with E-state index in [1.54, 1.807) is 5.19 Å². The second kappa shape index (κ2) is 14.3. The van der Waals surface area contributed by atoms with Gasteiger partial charge in [-0.1, -0.05) is 93.8 Å². The van der Waals surface area contributed by atoms with Crippen LogP contribution < -0.4 is 9.92 Å². The molecule has 36 heavy (non-hydrogen) atoms. The number of benzene rings is 2. The van der Waals surface area contributed by atoms with Gasteiger partial charge in [-0.3, -0.25) is 0 Å². The van der Waals surface area contributed by atoms with Gasteiger partial charge in [0.25, 0.3) is 0 Å². The zero-order valence-corrected chi connectivity index (χ0v) is 24.1. The van der Waals surface area contributed by atoms with Crippen LogP contribution in [0.1, 0.15) is 52.4 Å². The molecule has 200 valence electrons. The largest absolute Gasteiger partial charge is 0.494 e. The molecule has 1 heterocycles. The molecular weight excluding hydrogens is 464 g/mol. The Hall–Kier alpha value is -1.66. The summed E-state index contributed by atoms with van der Waals surface area (Å²) in [5, 5.41) is 11.3. The second-order valence-electron chi connectivity index (χ2n) is 11.4. The van der Waals surface area contributed by atoms with E-state index in [-0.39, 0.29) is 17.9 Å². The molecule has 0 saturated carbocycles. The van der Waals surface area contributed by atoms with Crippen LogP contribution >= 0.6 is 0 Å².